The zero-order chi connectivity index (χ0) is 7.52. The Hall–Kier alpha value is -1.51. The molecule has 0 amide bonds. The third-order valence-electron chi connectivity index (χ3n) is 1.42. The molecule has 0 unspecified atom stereocenters. The van der Waals surface area contributed by atoms with E-state index in [9.17, 15) is 0 Å². The monoisotopic (exact) mass is 149 g/mol. The SMILES string of the molecule is c1ccc(C2=NOCO2)cc1. The molecule has 0 atom stereocenters. The molecule has 1 aliphatic rings. The fourth-order valence-corrected chi connectivity index (χ4v) is 0.910. The highest BCUT2D eigenvalue weighted by atomic mass is 16.8. The number of hydrogen-bond acceptors (Lipinski definition) is 3. The number of rotatable bonds is 1. The molecule has 0 fully saturated rings. The van der Waals surface area contributed by atoms with Gasteiger partial charge in [-0.15, -0.1) is 0 Å². The van der Waals surface area contributed by atoms with Gasteiger partial charge in [-0.25, -0.2) is 0 Å². The van der Waals surface area contributed by atoms with Gasteiger partial charge in [0.2, 0.25) is 0 Å². The molecule has 3 heteroatoms. The first kappa shape index (κ1) is 6.22. The largest absolute Gasteiger partial charge is 0.435 e. The van der Waals surface area contributed by atoms with Crippen LogP contribution in [0, 0.1) is 0 Å². The Bertz CT molecular complexity index is 269. The molecule has 0 radical (unpaired) electrons. The van der Waals surface area contributed by atoms with Crippen LogP contribution in [0.4, 0.5) is 0 Å². The Balaban J connectivity index is 2.29. The lowest BCUT2D eigenvalue weighted by Gasteiger charge is -1.95. The highest BCUT2D eigenvalue weighted by Gasteiger charge is 2.09. The van der Waals surface area contributed by atoms with Gasteiger partial charge in [0.05, 0.1) is 0 Å². The van der Waals surface area contributed by atoms with Gasteiger partial charge in [0.25, 0.3) is 12.7 Å². The number of benzene rings is 1. The Morgan fingerprint density at radius 2 is 2.00 bits per heavy atom. The number of oxime groups is 1. The van der Waals surface area contributed by atoms with Crippen molar-refractivity contribution < 1.29 is 9.57 Å². The Labute approximate surface area is 64.2 Å². The maximum absolute atomic E-state index is 5.07. The van der Waals surface area contributed by atoms with Crippen LogP contribution in [0.25, 0.3) is 0 Å². The Morgan fingerprint density at radius 1 is 1.18 bits per heavy atom. The van der Waals surface area contributed by atoms with Crippen LogP contribution < -0.4 is 0 Å². The molecule has 0 N–H and O–H groups in total. The molecule has 0 saturated carbocycles. The molecule has 11 heavy (non-hydrogen) atoms. The minimum atomic E-state index is 0.226. The average molecular weight is 149 g/mol. The van der Waals surface area contributed by atoms with E-state index in [1.165, 1.54) is 0 Å². The van der Waals surface area contributed by atoms with E-state index in [1.54, 1.807) is 0 Å². The van der Waals surface area contributed by atoms with E-state index in [1.807, 2.05) is 30.3 Å². The van der Waals surface area contributed by atoms with Gasteiger partial charge in [0, 0.05) is 5.56 Å². The third kappa shape index (κ3) is 1.17. The highest BCUT2D eigenvalue weighted by Crippen LogP contribution is 2.06. The Kier molecular flexibility index (Phi) is 1.48. The van der Waals surface area contributed by atoms with E-state index < -0.39 is 0 Å². The minimum absolute atomic E-state index is 0.226. The minimum Gasteiger partial charge on any atom is -0.435 e. The predicted molar refractivity (Wildman–Crippen MR) is 40.0 cm³/mol. The van der Waals surface area contributed by atoms with Crippen molar-refractivity contribution in [2.75, 3.05) is 6.79 Å². The van der Waals surface area contributed by atoms with E-state index in [0.29, 0.717) is 5.90 Å². The molecule has 1 heterocycles. The molecule has 1 aromatic rings. The van der Waals surface area contributed by atoms with Crippen LogP contribution in [0.3, 0.4) is 0 Å². The summed E-state index contributed by atoms with van der Waals surface area (Å²) < 4.78 is 5.07. The first-order valence-corrected chi connectivity index (χ1v) is 3.35. The van der Waals surface area contributed by atoms with E-state index in [-0.39, 0.29) is 6.79 Å². The predicted octanol–water partition coefficient (Wildman–Crippen LogP) is 1.35. The van der Waals surface area contributed by atoms with Crippen molar-refractivity contribution in [3.8, 4) is 0 Å². The van der Waals surface area contributed by atoms with Crippen LogP contribution in [0.2, 0.25) is 0 Å². The van der Waals surface area contributed by atoms with E-state index in [0.717, 1.165) is 5.56 Å². The summed E-state index contributed by atoms with van der Waals surface area (Å²) in [5.74, 6) is 0.561. The Morgan fingerprint density at radius 3 is 2.64 bits per heavy atom. The third-order valence-corrected chi connectivity index (χ3v) is 1.42. The summed E-state index contributed by atoms with van der Waals surface area (Å²) in [7, 11) is 0. The molecule has 0 spiro atoms. The van der Waals surface area contributed by atoms with Crippen LogP contribution in [0.1, 0.15) is 5.56 Å². The maximum atomic E-state index is 5.07. The smallest absolute Gasteiger partial charge is 0.260 e. The lowest BCUT2D eigenvalue weighted by atomic mass is 10.2. The van der Waals surface area contributed by atoms with Crippen molar-refractivity contribution in [2.45, 2.75) is 0 Å². The fourth-order valence-electron chi connectivity index (χ4n) is 0.910. The van der Waals surface area contributed by atoms with Gasteiger partial charge in [0.1, 0.15) is 0 Å². The summed E-state index contributed by atoms with van der Waals surface area (Å²) in [6.07, 6.45) is 0. The highest BCUT2D eigenvalue weighted by molar-refractivity contribution is 5.94. The summed E-state index contributed by atoms with van der Waals surface area (Å²) in [6, 6.07) is 9.65. The molecule has 1 aliphatic heterocycles. The molecule has 0 aromatic heterocycles. The van der Waals surface area contributed by atoms with Crippen molar-refractivity contribution in [1.82, 2.24) is 0 Å². The van der Waals surface area contributed by atoms with Crippen molar-refractivity contribution in [3.63, 3.8) is 0 Å². The lowest BCUT2D eigenvalue weighted by molar-refractivity contribution is 0.0583. The summed E-state index contributed by atoms with van der Waals surface area (Å²) in [5.41, 5.74) is 0.949. The number of nitrogens with zero attached hydrogens (tertiary/aromatic N) is 1. The summed E-state index contributed by atoms with van der Waals surface area (Å²) in [5, 5.41) is 3.70. The van der Waals surface area contributed by atoms with E-state index in [2.05, 4.69) is 9.99 Å². The fraction of sp³-hybridized carbons (Fsp3) is 0.125. The molecular formula is C8H7NO2. The first-order valence-electron chi connectivity index (χ1n) is 3.35. The lowest BCUT2D eigenvalue weighted by Crippen LogP contribution is -1.99. The van der Waals surface area contributed by atoms with Crippen LogP contribution in [0.15, 0.2) is 35.5 Å². The van der Waals surface area contributed by atoms with Crippen molar-refractivity contribution in [3.05, 3.63) is 35.9 Å². The van der Waals surface area contributed by atoms with Gasteiger partial charge in [0.15, 0.2) is 0 Å². The van der Waals surface area contributed by atoms with E-state index in [4.69, 9.17) is 4.74 Å². The molecule has 0 saturated heterocycles. The standard InChI is InChI=1S/C8H7NO2/c1-2-4-7(5-3-1)8-9-11-6-10-8/h1-5H,6H2. The van der Waals surface area contributed by atoms with Gasteiger partial charge in [-0.2, -0.15) is 0 Å². The molecule has 0 aliphatic carbocycles. The van der Waals surface area contributed by atoms with Crippen LogP contribution in [-0.4, -0.2) is 12.7 Å². The van der Waals surface area contributed by atoms with Gasteiger partial charge in [-0.05, 0) is 17.3 Å². The normalized spacial score (nSPS) is 15.1. The summed E-state index contributed by atoms with van der Waals surface area (Å²) in [6.45, 7) is 0.226. The zero-order valence-electron chi connectivity index (χ0n) is 5.86. The number of ether oxygens (including phenoxy) is 1. The molecule has 2 rings (SSSR count). The second kappa shape index (κ2) is 2.62. The van der Waals surface area contributed by atoms with Crippen molar-refractivity contribution in [2.24, 2.45) is 5.16 Å². The topological polar surface area (TPSA) is 30.8 Å². The molecule has 0 bridgehead atoms. The molecule has 3 nitrogen and oxygen atoms in total. The second-order valence-corrected chi connectivity index (χ2v) is 2.15. The molecule has 1 aromatic carbocycles. The van der Waals surface area contributed by atoms with Gasteiger partial charge in [-0.3, -0.25) is 0 Å². The quantitative estimate of drug-likeness (QED) is 0.603. The van der Waals surface area contributed by atoms with Gasteiger partial charge in [-0.1, -0.05) is 18.2 Å². The van der Waals surface area contributed by atoms with E-state index >= 15 is 0 Å². The zero-order valence-corrected chi connectivity index (χ0v) is 5.86. The average Bonchev–Trinajstić information content (AvgIpc) is 2.58. The summed E-state index contributed by atoms with van der Waals surface area (Å²) >= 11 is 0. The maximum Gasteiger partial charge on any atom is 0.260 e. The second-order valence-electron chi connectivity index (χ2n) is 2.15. The molecule has 56 valence electrons. The van der Waals surface area contributed by atoms with Crippen LogP contribution in [-0.2, 0) is 9.57 Å². The molecular weight excluding hydrogens is 142 g/mol. The van der Waals surface area contributed by atoms with Gasteiger partial charge < -0.3 is 9.57 Å². The van der Waals surface area contributed by atoms with Crippen molar-refractivity contribution >= 4 is 5.90 Å². The van der Waals surface area contributed by atoms with Gasteiger partial charge >= 0.3 is 0 Å². The van der Waals surface area contributed by atoms with Crippen LogP contribution >= 0.6 is 0 Å². The van der Waals surface area contributed by atoms with Crippen LogP contribution in [0.5, 0.6) is 0 Å². The first-order chi connectivity index (χ1) is 5.47. The van der Waals surface area contributed by atoms with Crippen molar-refractivity contribution in [1.29, 1.82) is 0 Å². The number of hydrogen-bond donors (Lipinski definition) is 0. The summed E-state index contributed by atoms with van der Waals surface area (Å²) in [4.78, 5) is 4.68.